The van der Waals surface area contributed by atoms with Crippen molar-refractivity contribution in [3.63, 3.8) is 0 Å². The predicted octanol–water partition coefficient (Wildman–Crippen LogP) is 2.99. The van der Waals surface area contributed by atoms with Gasteiger partial charge in [0.05, 0.1) is 0 Å². The van der Waals surface area contributed by atoms with E-state index in [2.05, 4.69) is 29.3 Å². The highest BCUT2D eigenvalue weighted by Gasteiger charge is 2.05. The number of hydrogen-bond donors (Lipinski definition) is 2. The molecule has 0 aliphatic rings. The Kier molecular flexibility index (Phi) is 14.5. The van der Waals surface area contributed by atoms with Crippen LogP contribution in [-0.2, 0) is 4.79 Å². The third kappa shape index (κ3) is 9.87. The molecule has 6 heteroatoms. The second kappa shape index (κ2) is 13.7. The first-order valence-electron chi connectivity index (χ1n) is 7.45. The Hall–Kier alpha value is -0.970. The lowest BCUT2D eigenvalue weighted by Crippen LogP contribution is -2.30. The first kappa shape index (κ1) is 23.3. The Labute approximate surface area is 146 Å². The van der Waals surface area contributed by atoms with Gasteiger partial charge in [0, 0.05) is 37.8 Å². The van der Waals surface area contributed by atoms with Gasteiger partial charge in [0.2, 0.25) is 5.91 Å². The summed E-state index contributed by atoms with van der Waals surface area (Å²) >= 11 is 0. The number of amides is 1. The zero-order valence-electron chi connectivity index (χ0n) is 13.5. The van der Waals surface area contributed by atoms with E-state index in [1.54, 1.807) is 0 Å². The number of anilines is 1. The van der Waals surface area contributed by atoms with Crippen LogP contribution in [0, 0.1) is 0 Å². The zero-order valence-corrected chi connectivity index (χ0v) is 15.1. The van der Waals surface area contributed by atoms with Crippen LogP contribution in [0.15, 0.2) is 30.3 Å². The SMILES string of the molecule is CCN(CCCNC(=O)CCC(C)N)c1ccccc1.Cl.Cl. The van der Waals surface area contributed by atoms with Gasteiger partial charge in [-0.05, 0) is 38.8 Å². The van der Waals surface area contributed by atoms with Crippen LogP contribution in [0.3, 0.4) is 0 Å². The molecule has 1 unspecified atom stereocenters. The molecule has 0 saturated carbocycles. The van der Waals surface area contributed by atoms with Gasteiger partial charge in [-0.25, -0.2) is 0 Å². The molecule has 0 spiro atoms. The first-order chi connectivity index (χ1) is 9.63. The van der Waals surface area contributed by atoms with Crippen LogP contribution in [0.1, 0.15) is 33.1 Å². The first-order valence-corrected chi connectivity index (χ1v) is 7.45. The number of rotatable bonds is 9. The van der Waals surface area contributed by atoms with Crippen LogP contribution in [0.2, 0.25) is 0 Å². The summed E-state index contributed by atoms with van der Waals surface area (Å²) in [7, 11) is 0. The minimum atomic E-state index is 0. The molecule has 4 nitrogen and oxygen atoms in total. The van der Waals surface area contributed by atoms with Gasteiger partial charge in [-0.2, -0.15) is 0 Å². The number of nitrogens with zero attached hydrogens (tertiary/aromatic N) is 1. The summed E-state index contributed by atoms with van der Waals surface area (Å²) in [5.74, 6) is 0.102. The lowest BCUT2D eigenvalue weighted by atomic mass is 10.2. The second-order valence-electron chi connectivity index (χ2n) is 5.13. The highest BCUT2D eigenvalue weighted by atomic mass is 35.5. The second-order valence-corrected chi connectivity index (χ2v) is 5.13. The molecule has 0 aliphatic carbocycles. The fourth-order valence-corrected chi connectivity index (χ4v) is 2.05. The molecule has 0 aromatic heterocycles. The van der Waals surface area contributed by atoms with E-state index in [-0.39, 0.29) is 36.8 Å². The molecule has 0 heterocycles. The number of para-hydroxylation sites is 1. The van der Waals surface area contributed by atoms with E-state index in [1.807, 2.05) is 25.1 Å². The number of hydrogen-bond acceptors (Lipinski definition) is 3. The van der Waals surface area contributed by atoms with Crippen LogP contribution in [0.4, 0.5) is 5.69 Å². The van der Waals surface area contributed by atoms with Crippen molar-refractivity contribution in [2.45, 2.75) is 39.2 Å². The van der Waals surface area contributed by atoms with Gasteiger partial charge in [-0.3, -0.25) is 4.79 Å². The Morgan fingerprint density at radius 3 is 2.45 bits per heavy atom. The van der Waals surface area contributed by atoms with Gasteiger partial charge >= 0.3 is 0 Å². The van der Waals surface area contributed by atoms with Gasteiger partial charge in [-0.1, -0.05) is 18.2 Å². The number of carbonyl (C=O) groups excluding carboxylic acids is 1. The number of benzene rings is 1. The largest absolute Gasteiger partial charge is 0.372 e. The molecule has 0 bridgehead atoms. The standard InChI is InChI=1S/C16H27N3O.2ClH/c1-3-19(15-8-5-4-6-9-15)13-7-12-18-16(20)11-10-14(2)17;;/h4-6,8-9,14H,3,7,10-13,17H2,1-2H3,(H,18,20);2*1H. The molecule has 22 heavy (non-hydrogen) atoms. The zero-order chi connectivity index (χ0) is 14.8. The molecule has 1 atom stereocenters. The lowest BCUT2D eigenvalue weighted by molar-refractivity contribution is -0.121. The maximum absolute atomic E-state index is 11.6. The third-order valence-corrected chi connectivity index (χ3v) is 3.26. The Morgan fingerprint density at radius 1 is 1.27 bits per heavy atom. The quantitative estimate of drug-likeness (QED) is 0.673. The molecule has 0 aliphatic heterocycles. The van der Waals surface area contributed by atoms with E-state index in [0.717, 1.165) is 32.5 Å². The topological polar surface area (TPSA) is 58.4 Å². The van der Waals surface area contributed by atoms with E-state index >= 15 is 0 Å². The van der Waals surface area contributed by atoms with Crippen molar-refractivity contribution in [2.24, 2.45) is 5.73 Å². The summed E-state index contributed by atoms with van der Waals surface area (Å²) in [5, 5.41) is 2.95. The summed E-state index contributed by atoms with van der Waals surface area (Å²) in [5.41, 5.74) is 6.87. The molecule has 0 fully saturated rings. The average Bonchev–Trinajstić information content (AvgIpc) is 2.46. The van der Waals surface area contributed by atoms with Crippen LogP contribution in [0.25, 0.3) is 0 Å². The summed E-state index contributed by atoms with van der Waals surface area (Å²) in [6.07, 6.45) is 2.22. The molecule has 1 aromatic rings. The predicted molar refractivity (Wildman–Crippen MR) is 99.3 cm³/mol. The smallest absolute Gasteiger partial charge is 0.220 e. The van der Waals surface area contributed by atoms with Gasteiger partial charge in [0.1, 0.15) is 0 Å². The van der Waals surface area contributed by atoms with Crippen molar-refractivity contribution in [1.29, 1.82) is 0 Å². The summed E-state index contributed by atoms with van der Waals surface area (Å²) in [4.78, 5) is 13.9. The number of nitrogens with two attached hydrogens (primary N) is 1. The Morgan fingerprint density at radius 2 is 1.91 bits per heavy atom. The number of nitrogens with one attached hydrogen (secondary N) is 1. The maximum atomic E-state index is 11.6. The molecule has 3 N–H and O–H groups in total. The van der Waals surface area contributed by atoms with Crippen molar-refractivity contribution in [3.05, 3.63) is 30.3 Å². The highest BCUT2D eigenvalue weighted by Crippen LogP contribution is 2.12. The molecule has 0 saturated heterocycles. The van der Waals surface area contributed by atoms with Crippen molar-refractivity contribution < 1.29 is 4.79 Å². The van der Waals surface area contributed by atoms with E-state index in [0.29, 0.717) is 6.42 Å². The van der Waals surface area contributed by atoms with Crippen LogP contribution < -0.4 is 16.0 Å². The molecule has 0 radical (unpaired) electrons. The molecule has 1 rings (SSSR count). The van der Waals surface area contributed by atoms with E-state index in [1.165, 1.54) is 5.69 Å². The van der Waals surface area contributed by atoms with Crippen molar-refractivity contribution in [2.75, 3.05) is 24.5 Å². The fourth-order valence-electron chi connectivity index (χ4n) is 2.05. The van der Waals surface area contributed by atoms with E-state index in [9.17, 15) is 4.79 Å². The molecular weight excluding hydrogens is 321 g/mol. The summed E-state index contributed by atoms with van der Waals surface area (Å²) in [6, 6.07) is 10.4. The number of halogens is 2. The minimum Gasteiger partial charge on any atom is -0.372 e. The summed E-state index contributed by atoms with van der Waals surface area (Å²) < 4.78 is 0. The Balaban J connectivity index is 0. The van der Waals surface area contributed by atoms with Crippen molar-refractivity contribution in [1.82, 2.24) is 5.32 Å². The number of carbonyl (C=O) groups is 1. The van der Waals surface area contributed by atoms with Gasteiger partial charge < -0.3 is 16.0 Å². The van der Waals surface area contributed by atoms with E-state index < -0.39 is 0 Å². The van der Waals surface area contributed by atoms with E-state index in [4.69, 9.17) is 5.73 Å². The maximum Gasteiger partial charge on any atom is 0.220 e. The van der Waals surface area contributed by atoms with Crippen LogP contribution >= 0.6 is 24.8 Å². The average molecular weight is 350 g/mol. The van der Waals surface area contributed by atoms with Crippen molar-refractivity contribution in [3.8, 4) is 0 Å². The van der Waals surface area contributed by atoms with Crippen LogP contribution in [0.5, 0.6) is 0 Å². The normalized spacial score (nSPS) is 10.9. The third-order valence-electron chi connectivity index (χ3n) is 3.26. The lowest BCUT2D eigenvalue weighted by Gasteiger charge is -2.23. The molecular formula is C16H29Cl2N3O. The van der Waals surface area contributed by atoms with Gasteiger partial charge in [0.25, 0.3) is 0 Å². The monoisotopic (exact) mass is 349 g/mol. The van der Waals surface area contributed by atoms with Crippen LogP contribution in [-0.4, -0.2) is 31.6 Å². The Bertz CT molecular complexity index is 388. The van der Waals surface area contributed by atoms with Crippen molar-refractivity contribution >= 4 is 36.4 Å². The summed E-state index contributed by atoms with van der Waals surface area (Å²) in [6.45, 7) is 6.72. The van der Waals surface area contributed by atoms with Gasteiger partial charge in [0.15, 0.2) is 0 Å². The molecule has 128 valence electrons. The highest BCUT2D eigenvalue weighted by molar-refractivity contribution is 5.85. The fraction of sp³-hybridized carbons (Fsp3) is 0.562. The minimum absolute atomic E-state index is 0. The van der Waals surface area contributed by atoms with Gasteiger partial charge in [-0.15, -0.1) is 24.8 Å². The molecule has 1 amide bonds. The molecule has 1 aromatic carbocycles.